The Kier molecular flexibility index (Phi) is 2.40. The molecule has 0 saturated heterocycles. The lowest BCUT2D eigenvalue weighted by atomic mass is 10.3. The summed E-state index contributed by atoms with van der Waals surface area (Å²) < 4.78 is 5.61. The van der Waals surface area contributed by atoms with E-state index in [4.69, 9.17) is 16.3 Å². The topological polar surface area (TPSA) is 63.7 Å². The van der Waals surface area contributed by atoms with Gasteiger partial charge in [0.25, 0.3) is 0 Å². The van der Waals surface area contributed by atoms with Crippen molar-refractivity contribution < 1.29 is 4.74 Å². The fraction of sp³-hybridized carbons (Fsp3) is 0.500. The summed E-state index contributed by atoms with van der Waals surface area (Å²) in [5.74, 6) is 1.36. The minimum absolute atomic E-state index is 0.179. The lowest BCUT2D eigenvalue weighted by Crippen LogP contribution is -2.01. The van der Waals surface area contributed by atoms with E-state index in [1.54, 1.807) is 6.20 Å². The summed E-state index contributed by atoms with van der Waals surface area (Å²) in [4.78, 5) is 8.07. The first-order valence-corrected chi connectivity index (χ1v) is 5.70. The lowest BCUT2D eigenvalue weighted by Gasteiger charge is -2.05. The summed E-state index contributed by atoms with van der Waals surface area (Å²) in [5.41, 5.74) is 0.612. The number of hydrogen-bond donors (Lipinski definition) is 1. The van der Waals surface area contributed by atoms with Gasteiger partial charge in [0.2, 0.25) is 11.2 Å². The second kappa shape index (κ2) is 3.90. The molecule has 1 saturated carbocycles. The van der Waals surface area contributed by atoms with Gasteiger partial charge in [0.05, 0.1) is 12.8 Å². The number of H-pyrrole nitrogens is 1. The Labute approximate surface area is 97.2 Å². The Bertz CT molecular complexity index is 508. The summed E-state index contributed by atoms with van der Waals surface area (Å²) in [6.07, 6.45) is 5.39. The van der Waals surface area contributed by atoms with Crippen LogP contribution in [0.5, 0.6) is 5.88 Å². The molecule has 2 aromatic heterocycles. The van der Waals surface area contributed by atoms with Crippen LogP contribution in [0, 0.1) is 5.92 Å². The average molecular weight is 239 g/mol. The van der Waals surface area contributed by atoms with E-state index in [0.717, 1.165) is 17.7 Å². The Morgan fingerprint density at radius 2 is 2.31 bits per heavy atom. The van der Waals surface area contributed by atoms with Gasteiger partial charge in [0.1, 0.15) is 5.39 Å². The quantitative estimate of drug-likeness (QED) is 0.830. The zero-order valence-electron chi connectivity index (χ0n) is 8.61. The normalized spacial score (nSPS) is 15.6. The molecule has 1 aliphatic rings. The third-order valence-corrected chi connectivity index (χ3v) is 2.88. The van der Waals surface area contributed by atoms with E-state index in [1.165, 1.54) is 12.8 Å². The number of rotatable bonds is 4. The molecule has 84 valence electrons. The van der Waals surface area contributed by atoms with E-state index < -0.39 is 0 Å². The predicted molar refractivity (Wildman–Crippen MR) is 59.5 cm³/mol. The van der Waals surface area contributed by atoms with Crippen LogP contribution in [0.15, 0.2) is 6.20 Å². The summed E-state index contributed by atoms with van der Waals surface area (Å²) in [6, 6.07) is 0. The zero-order valence-corrected chi connectivity index (χ0v) is 9.37. The van der Waals surface area contributed by atoms with Gasteiger partial charge < -0.3 is 4.74 Å². The number of nitrogens with zero attached hydrogens (tertiary/aromatic N) is 3. The maximum Gasteiger partial charge on any atom is 0.229 e. The smallest absolute Gasteiger partial charge is 0.229 e. The van der Waals surface area contributed by atoms with Crippen molar-refractivity contribution in [2.24, 2.45) is 5.92 Å². The molecule has 16 heavy (non-hydrogen) atoms. The van der Waals surface area contributed by atoms with Crippen LogP contribution in [0.25, 0.3) is 11.0 Å². The third kappa shape index (κ3) is 1.95. The molecule has 0 amide bonds. The molecule has 2 heterocycles. The minimum atomic E-state index is 0.179. The molecule has 3 rings (SSSR count). The van der Waals surface area contributed by atoms with Crippen LogP contribution >= 0.6 is 11.6 Å². The molecule has 0 aromatic carbocycles. The first kappa shape index (κ1) is 9.84. The highest BCUT2D eigenvalue weighted by molar-refractivity contribution is 6.28. The summed E-state index contributed by atoms with van der Waals surface area (Å²) >= 11 is 5.78. The number of aromatic amines is 1. The summed E-state index contributed by atoms with van der Waals surface area (Å²) in [5, 5.41) is 7.60. The molecule has 0 bridgehead atoms. The van der Waals surface area contributed by atoms with Crippen molar-refractivity contribution >= 4 is 22.6 Å². The van der Waals surface area contributed by atoms with Crippen LogP contribution in [0.1, 0.15) is 19.3 Å². The number of hydrogen-bond acceptors (Lipinski definition) is 4. The molecule has 0 unspecified atom stereocenters. The van der Waals surface area contributed by atoms with Gasteiger partial charge in [-0.25, -0.2) is 0 Å². The lowest BCUT2D eigenvalue weighted by molar-refractivity contribution is 0.295. The first-order valence-electron chi connectivity index (χ1n) is 5.32. The monoisotopic (exact) mass is 238 g/mol. The van der Waals surface area contributed by atoms with Crippen LogP contribution in [0.4, 0.5) is 0 Å². The number of aromatic nitrogens is 4. The molecule has 0 radical (unpaired) electrons. The molecule has 0 atom stereocenters. The number of ether oxygens (including phenoxy) is 1. The van der Waals surface area contributed by atoms with Crippen molar-refractivity contribution in [3.8, 4) is 5.88 Å². The van der Waals surface area contributed by atoms with Crippen molar-refractivity contribution in [1.82, 2.24) is 20.2 Å². The van der Waals surface area contributed by atoms with Gasteiger partial charge in [-0.05, 0) is 23.9 Å². The van der Waals surface area contributed by atoms with Gasteiger partial charge in [-0.3, -0.25) is 5.10 Å². The molecule has 6 heteroatoms. The third-order valence-electron chi connectivity index (χ3n) is 2.71. The van der Waals surface area contributed by atoms with Gasteiger partial charge in [-0.1, -0.05) is 12.8 Å². The molecule has 0 spiro atoms. The molecular weight excluding hydrogens is 228 g/mol. The van der Waals surface area contributed by atoms with Gasteiger partial charge in [0, 0.05) is 0 Å². The van der Waals surface area contributed by atoms with Gasteiger partial charge in [-0.2, -0.15) is 15.1 Å². The first-order chi connectivity index (χ1) is 7.83. The maximum absolute atomic E-state index is 5.78. The highest BCUT2D eigenvalue weighted by Gasteiger charge is 2.21. The van der Waals surface area contributed by atoms with Crippen molar-refractivity contribution in [1.29, 1.82) is 0 Å². The van der Waals surface area contributed by atoms with Crippen LogP contribution < -0.4 is 4.74 Å². The Morgan fingerprint density at radius 1 is 1.44 bits per heavy atom. The van der Waals surface area contributed by atoms with Crippen molar-refractivity contribution in [3.05, 3.63) is 11.5 Å². The van der Waals surface area contributed by atoms with Crippen LogP contribution in [-0.2, 0) is 0 Å². The standard InChI is InChI=1S/C10H11ClN4O/c11-10-13-8-7(5-12-15-8)9(14-10)16-4-3-6-1-2-6/h5-6H,1-4H2,(H,12,13,14,15). The molecule has 2 aromatic rings. The SMILES string of the molecule is Clc1nc(OCCC2CC2)c2cn[nH]c2n1. The van der Waals surface area contributed by atoms with E-state index in [-0.39, 0.29) is 5.28 Å². The Morgan fingerprint density at radius 3 is 3.12 bits per heavy atom. The highest BCUT2D eigenvalue weighted by atomic mass is 35.5. The van der Waals surface area contributed by atoms with Crippen LogP contribution in [0.3, 0.4) is 0 Å². The van der Waals surface area contributed by atoms with E-state index in [2.05, 4.69) is 20.2 Å². The molecule has 1 aliphatic carbocycles. The van der Waals surface area contributed by atoms with Gasteiger partial charge in [0.15, 0.2) is 5.65 Å². The van der Waals surface area contributed by atoms with E-state index in [1.807, 2.05) is 0 Å². The van der Waals surface area contributed by atoms with Crippen LogP contribution in [-0.4, -0.2) is 26.8 Å². The molecule has 5 nitrogen and oxygen atoms in total. The number of nitrogens with one attached hydrogen (secondary N) is 1. The second-order valence-electron chi connectivity index (χ2n) is 4.01. The average Bonchev–Trinajstić information content (AvgIpc) is 2.95. The molecule has 1 N–H and O–H groups in total. The molecular formula is C10H11ClN4O. The highest BCUT2D eigenvalue weighted by Crippen LogP contribution is 2.32. The number of fused-ring (bicyclic) bond motifs is 1. The summed E-state index contributed by atoms with van der Waals surface area (Å²) in [7, 11) is 0. The second-order valence-corrected chi connectivity index (χ2v) is 4.35. The minimum Gasteiger partial charge on any atom is -0.477 e. The largest absolute Gasteiger partial charge is 0.477 e. The van der Waals surface area contributed by atoms with E-state index in [9.17, 15) is 0 Å². The van der Waals surface area contributed by atoms with Crippen molar-refractivity contribution in [3.63, 3.8) is 0 Å². The van der Waals surface area contributed by atoms with E-state index >= 15 is 0 Å². The van der Waals surface area contributed by atoms with Gasteiger partial charge in [-0.15, -0.1) is 0 Å². The summed E-state index contributed by atoms with van der Waals surface area (Å²) in [6.45, 7) is 0.679. The fourth-order valence-corrected chi connectivity index (χ4v) is 1.78. The maximum atomic E-state index is 5.78. The van der Waals surface area contributed by atoms with E-state index in [0.29, 0.717) is 18.1 Å². The van der Waals surface area contributed by atoms with Crippen molar-refractivity contribution in [2.75, 3.05) is 6.61 Å². The Hall–Kier alpha value is -1.36. The predicted octanol–water partition coefficient (Wildman–Crippen LogP) is 2.19. The zero-order chi connectivity index (χ0) is 11.0. The Balaban J connectivity index is 1.80. The molecule has 0 aliphatic heterocycles. The van der Waals surface area contributed by atoms with Crippen LogP contribution in [0.2, 0.25) is 5.28 Å². The number of halogens is 1. The van der Waals surface area contributed by atoms with Crippen molar-refractivity contribution in [2.45, 2.75) is 19.3 Å². The fourth-order valence-electron chi connectivity index (χ4n) is 1.62. The van der Waals surface area contributed by atoms with Gasteiger partial charge >= 0.3 is 0 Å². The molecule has 1 fully saturated rings.